The van der Waals surface area contributed by atoms with Crippen LogP contribution >= 0.6 is 0 Å². The monoisotopic (exact) mass is 688 g/mol. The van der Waals surface area contributed by atoms with Crippen LogP contribution in [0.2, 0.25) is 18.1 Å². The molecule has 0 amide bonds. The number of ether oxygens (including phenoxy) is 1. The molecule has 0 aliphatic carbocycles. The van der Waals surface area contributed by atoms with Crippen molar-refractivity contribution in [2.24, 2.45) is 0 Å². The van der Waals surface area contributed by atoms with Gasteiger partial charge in [-0.2, -0.15) is 0 Å². The molecule has 4 aromatic rings. The van der Waals surface area contributed by atoms with E-state index in [0.29, 0.717) is 5.75 Å². The molecular formula is C44H62B2O3Si. The van der Waals surface area contributed by atoms with Gasteiger partial charge in [-0.05, 0) is 124 Å². The number of aryl methyl sites for hydroxylation is 10. The maximum absolute atomic E-state index is 9.62. The third-order valence-electron chi connectivity index (χ3n) is 10.2. The normalized spacial score (nSPS) is 12.8. The van der Waals surface area contributed by atoms with Crippen LogP contribution in [0.15, 0.2) is 48.5 Å². The molecule has 2 radical (unpaired) electrons. The molecule has 1 aliphatic rings. The Morgan fingerprint density at radius 1 is 0.540 bits per heavy atom. The fraction of sp³-hybridized carbons (Fsp3) is 0.455. The molecule has 0 saturated carbocycles. The summed E-state index contributed by atoms with van der Waals surface area (Å²) in [5, 5.41) is 9.82. The third-order valence-corrected chi connectivity index (χ3v) is 14.6. The van der Waals surface area contributed by atoms with Crippen molar-refractivity contribution in [3.63, 3.8) is 0 Å². The van der Waals surface area contributed by atoms with Gasteiger partial charge < -0.3 is 14.3 Å². The molecule has 4 aromatic carbocycles. The van der Waals surface area contributed by atoms with Gasteiger partial charge in [-0.3, -0.25) is 0 Å². The molecule has 0 spiro atoms. The number of aromatic hydroxyl groups is 1. The molecule has 1 saturated heterocycles. The zero-order chi connectivity index (χ0) is 37.6. The standard InChI is InChI=1S/C23H34BOSi.C17H20BO.C4H8O/c1-15-11-16(2)21(17(3)12-15)24-22-18(4)13-20(14-19(22)5)25-26(9,10)23(6,7)8;1-10-6-11(2)16(12(3)7-10)18-17-13(4)8-15(19)9-14(17)5;1-2-4-5-3-1/h11-14H,1-10H3;6-9,19H,1-5H3;1-4H2. The summed E-state index contributed by atoms with van der Waals surface area (Å²) in [4.78, 5) is 0. The topological polar surface area (TPSA) is 38.7 Å². The van der Waals surface area contributed by atoms with Gasteiger partial charge in [-0.1, -0.05) is 123 Å². The fourth-order valence-electron chi connectivity index (χ4n) is 6.49. The second-order valence-electron chi connectivity index (χ2n) is 16.1. The molecular weight excluding hydrogens is 626 g/mol. The van der Waals surface area contributed by atoms with Crippen molar-refractivity contribution < 1.29 is 14.3 Å². The SMILES string of the molecule is C1CCOC1.Cc1cc(C)c([B]c2c(C)cc(O)cc2C)c(C)c1.Cc1cc(C)c([B]c2c(C)cc(O[Si](C)(C)C(C)(C)C)cc2C)c(C)c1. The summed E-state index contributed by atoms with van der Waals surface area (Å²) in [5.41, 5.74) is 17.8. The maximum atomic E-state index is 9.62. The van der Waals surface area contributed by atoms with E-state index in [9.17, 15) is 5.11 Å². The molecule has 1 N–H and O–H groups in total. The number of rotatable bonds is 6. The summed E-state index contributed by atoms with van der Waals surface area (Å²) in [6.07, 6.45) is 2.56. The molecule has 266 valence electrons. The van der Waals surface area contributed by atoms with Crippen LogP contribution in [0.1, 0.15) is 89.2 Å². The van der Waals surface area contributed by atoms with Crippen molar-refractivity contribution in [3.05, 3.63) is 104 Å². The van der Waals surface area contributed by atoms with Crippen molar-refractivity contribution in [2.45, 2.75) is 121 Å². The van der Waals surface area contributed by atoms with Crippen molar-refractivity contribution in [1.82, 2.24) is 0 Å². The number of hydrogen-bond donors (Lipinski definition) is 1. The average molecular weight is 689 g/mol. The van der Waals surface area contributed by atoms with Gasteiger partial charge >= 0.3 is 0 Å². The average Bonchev–Trinajstić information content (AvgIpc) is 3.55. The number of phenols is 1. The highest BCUT2D eigenvalue weighted by molar-refractivity contribution is 6.74. The minimum atomic E-state index is -1.82. The van der Waals surface area contributed by atoms with Crippen LogP contribution in [0.3, 0.4) is 0 Å². The van der Waals surface area contributed by atoms with E-state index in [4.69, 9.17) is 9.16 Å². The molecule has 6 heteroatoms. The predicted octanol–water partition coefficient (Wildman–Crippen LogP) is 8.65. The van der Waals surface area contributed by atoms with Gasteiger partial charge in [0.1, 0.15) is 11.5 Å². The molecule has 0 aromatic heterocycles. The first kappa shape index (κ1) is 41.2. The third kappa shape index (κ3) is 11.1. The second kappa shape index (κ2) is 17.3. The van der Waals surface area contributed by atoms with Crippen molar-refractivity contribution in [2.75, 3.05) is 13.2 Å². The summed E-state index contributed by atoms with van der Waals surface area (Å²) in [7, 11) is 2.75. The lowest BCUT2D eigenvalue weighted by atomic mass is 9.58. The highest BCUT2D eigenvalue weighted by Crippen LogP contribution is 2.37. The molecule has 50 heavy (non-hydrogen) atoms. The fourth-order valence-corrected chi connectivity index (χ4v) is 7.50. The van der Waals surface area contributed by atoms with Gasteiger partial charge in [0.2, 0.25) is 8.32 Å². The van der Waals surface area contributed by atoms with Gasteiger partial charge in [0.25, 0.3) is 0 Å². The Labute approximate surface area is 307 Å². The van der Waals surface area contributed by atoms with Gasteiger partial charge in [0.05, 0.1) is 0 Å². The zero-order valence-electron chi connectivity index (χ0n) is 33.9. The van der Waals surface area contributed by atoms with Crippen LogP contribution in [0.4, 0.5) is 0 Å². The highest BCUT2D eigenvalue weighted by Gasteiger charge is 2.39. The zero-order valence-corrected chi connectivity index (χ0v) is 34.9. The van der Waals surface area contributed by atoms with Crippen LogP contribution in [0.5, 0.6) is 11.5 Å². The lowest BCUT2D eigenvalue weighted by Crippen LogP contribution is -2.44. The van der Waals surface area contributed by atoms with Gasteiger partial charge in [-0.25, -0.2) is 0 Å². The molecule has 5 rings (SSSR count). The minimum absolute atomic E-state index is 0.204. The van der Waals surface area contributed by atoms with Crippen LogP contribution in [-0.2, 0) is 4.74 Å². The maximum Gasteiger partial charge on any atom is 0.250 e. The minimum Gasteiger partial charge on any atom is -0.543 e. The lowest BCUT2D eigenvalue weighted by Gasteiger charge is -2.36. The quantitative estimate of drug-likeness (QED) is 0.206. The summed E-state index contributed by atoms with van der Waals surface area (Å²) in [6.45, 7) is 34.9. The van der Waals surface area contributed by atoms with Crippen LogP contribution < -0.4 is 26.3 Å². The Kier molecular flexibility index (Phi) is 14.3. The molecule has 0 bridgehead atoms. The molecule has 1 fully saturated rings. The first-order chi connectivity index (χ1) is 23.2. The lowest BCUT2D eigenvalue weighted by molar-refractivity contribution is 0.198. The summed E-state index contributed by atoms with van der Waals surface area (Å²) < 4.78 is 11.5. The van der Waals surface area contributed by atoms with E-state index in [1.165, 1.54) is 79.2 Å². The van der Waals surface area contributed by atoms with Crippen molar-refractivity contribution >= 4 is 44.7 Å². The van der Waals surface area contributed by atoms with E-state index >= 15 is 0 Å². The van der Waals surface area contributed by atoms with Crippen LogP contribution in [-0.4, -0.2) is 41.2 Å². The largest absolute Gasteiger partial charge is 0.543 e. The smallest absolute Gasteiger partial charge is 0.250 e. The number of hydrogen-bond acceptors (Lipinski definition) is 3. The molecule has 0 atom stereocenters. The van der Waals surface area contributed by atoms with E-state index in [1.807, 2.05) is 26.0 Å². The first-order valence-corrected chi connectivity index (χ1v) is 21.1. The van der Waals surface area contributed by atoms with E-state index in [0.717, 1.165) is 30.1 Å². The van der Waals surface area contributed by atoms with Crippen LogP contribution in [0.25, 0.3) is 0 Å². The van der Waals surface area contributed by atoms with E-state index in [2.05, 4.69) is 140 Å². The number of phenolic OH excluding ortho intramolecular Hbond substituents is 1. The Balaban J connectivity index is 0.000000245. The van der Waals surface area contributed by atoms with Crippen molar-refractivity contribution in [1.29, 1.82) is 0 Å². The Bertz CT molecular complexity index is 1630. The number of benzene rings is 4. The summed E-state index contributed by atoms with van der Waals surface area (Å²) in [6, 6.07) is 17.0. The summed E-state index contributed by atoms with van der Waals surface area (Å²) in [5.74, 6) is 1.35. The highest BCUT2D eigenvalue weighted by atomic mass is 28.4. The van der Waals surface area contributed by atoms with Gasteiger partial charge in [0.15, 0.2) is 14.6 Å². The second-order valence-corrected chi connectivity index (χ2v) is 20.8. The van der Waals surface area contributed by atoms with Gasteiger partial charge in [-0.15, -0.1) is 0 Å². The predicted molar refractivity (Wildman–Crippen MR) is 223 cm³/mol. The Hall–Kier alpha value is -3.21. The molecule has 3 nitrogen and oxygen atoms in total. The van der Waals surface area contributed by atoms with Crippen molar-refractivity contribution in [3.8, 4) is 11.5 Å². The summed E-state index contributed by atoms with van der Waals surface area (Å²) >= 11 is 0. The molecule has 0 unspecified atom stereocenters. The first-order valence-electron chi connectivity index (χ1n) is 18.2. The molecule has 1 heterocycles. The van der Waals surface area contributed by atoms with E-state index < -0.39 is 8.32 Å². The van der Waals surface area contributed by atoms with Gasteiger partial charge in [0, 0.05) is 13.2 Å². The molecule has 1 aliphatic heterocycles. The van der Waals surface area contributed by atoms with E-state index in [-0.39, 0.29) is 5.04 Å². The van der Waals surface area contributed by atoms with Crippen LogP contribution in [0, 0.1) is 69.2 Å². The Morgan fingerprint density at radius 3 is 1.12 bits per heavy atom. The van der Waals surface area contributed by atoms with E-state index in [1.54, 1.807) is 0 Å². The Morgan fingerprint density at radius 2 is 0.840 bits per heavy atom.